The lowest BCUT2D eigenvalue weighted by atomic mass is 9.94. The van der Waals surface area contributed by atoms with E-state index < -0.39 is 5.54 Å². The Morgan fingerprint density at radius 2 is 1.86 bits per heavy atom. The number of nitrogens with zero attached hydrogens (tertiary/aromatic N) is 2. The molecule has 5 heteroatoms. The van der Waals surface area contributed by atoms with Crippen molar-refractivity contribution in [1.29, 1.82) is 0 Å². The lowest BCUT2D eigenvalue weighted by Crippen LogP contribution is -2.47. The van der Waals surface area contributed by atoms with Crippen LogP contribution in [-0.2, 0) is 10.3 Å². The van der Waals surface area contributed by atoms with Crippen LogP contribution in [0.3, 0.4) is 0 Å². The number of hydrogen-bond donors (Lipinski definition) is 1. The molecule has 0 saturated heterocycles. The monoisotopic (exact) mass is 291 g/mol. The molecule has 3 rings (SSSR count). The fraction of sp³-hybridized carbons (Fsp3) is 0.812. The smallest absolute Gasteiger partial charge is 0.225 e. The van der Waals surface area contributed by atoms with Gasteiger partial charge in [0.2, 0.25) is 11.8 Å². The van der Waals surface area contributed by atoms with Crippen molar-refractivity contribution in [3.05, 3.63) is 11.7 Å². The van der Waals surface area contributed by atoms with Gasteiger partial charge < -0.3 is 9.84 Å². The summed E-state index contributed by atoms with van der Waals surface area (Å²) in [6, 6.07) is 0. The predicted molar refractivity (Wildman–Crippen MR) is 78.3 cm³/mol. The van der Waals surface area contributed by atoms with E-state index in [4.69, 9.17) is 4.52 Å². The van der Waals surface area contributed by atoms with Crippen LogP contribution in [0.2, 0.25) is 0 Å². The molecule has 2 saturated carbocycles. The summed E-state index contributed by atoms with van der Waals surface area (Å²) in [5.74, 6) is 1.70. The first-order chi connectivity index (χ1) is 9.60. The van der Waals surface area contributed by atoms with Crippen LogP contribution < -0.4 is 5.32 Å². The van der Waals surface area contributed by atoms with Gasteiger partial charge in [0.25, 0.3) is 0 Å². The molecule has 0 spiro atoms. The van der Waals surface area contributed by atoms with Gasteiger partial charge in [-0.3, -0.25) is 4.79 Å². The van der Waals surface area contributed by atoms with Crippen LogP contribution in [0, 0.1) is 29.6 Å². The van der Waals surface area contributed by atoms with E-state index in [0.29, 0.717) is 17.6 Å². The molecule has 2 fully saturated rings. The van der Waals surface area contributed by atoms with Crippen LogP contribution in [0.5, 0.6) is 0 Å². The molecular formula is C16H25N3O2. The average Bonchev–Trinajstić information content (AvgIpc) is 3.19. The van der Waals surface area contributed by atoms with Crippen LogP contribution in [0.25, 0.3) is 0 Å². The highest BCUT2D eigenvalue weighted by Crippen LogP contribution is 2.68. The first kappa shape index (κ1) is 14.5. The molecule has 1 heterocycles. The zero-order chi connectivity index (χ0) is 15.6. The second-order valence-electron chi connectivity index (χ2n) is 7.98. The molecule has 1 unspecified atom stereocenters. The largest absolute Gasteiger partial charge is 0.343 e. The summed E-state index contributed by atoms with van der Waals surface area (Å²) in [6.07, 6.45) is 2.20. The van der Waals surface area contributed by atoms with E-state index in [1.807, 2.05) is 6.92 Å². The number of hydrogen-bond acceptors (Lipinski definition) is 4. The molecule has 0 radical (unpaired) electrons. The van der Waals surface area contributed by atoms with Gasteiger partial charge >= 0.3 is 0 Å². The molecule has 5 nitrogen and oxygen atoms in total. The van der Waals surface area contributed by atoms with Crippen LogP contribution in [0.15, 0.2) is 4.52 Å². The Hall–Kier alpha value is -1.39. The van der Waals surface area contributed by atoms with Crippen molar-refractivity contribution >= 4 is 5.91 Å². The Labute approximate surface area is 125 Å². The number of nitrogens with one attached hydrogen (secondary N) is 1. The van der Waals surface area contributed by atoms with Crippen molar-refractivity contribution in [2.24, 2.45) is 22.7 Å². The van der Waals surface area contributed by atoms with E-state index in [1.54, 1.807) is 6.92 Å². The fourth-order valence-electron chi connectivity index (χ4n) is 3.69. The van der Waals surface area contributed by atoms with Crippen molar-refractivity contribution < 1.29 is 9.32 Å². The van der Waals surface area contributed by atoms with Gasteiger partial charge in [-0.05, 0) is 36.5 Å². The maximum atomic E-state index is 12.8. The zero-order valence-electron chi connectivity index (χ0n) is 13.8. The lowest BCUT2D eigenvalue weighted by Gasteiger charge is -2.28. The Morgan fingerprint density at radius 3 is 2.24 bits per heavy atom. The minimum atomic E-state index is -0.510. The van der Waals surface area contributed by atoms with Crippen LogP contribution in [0.1, 0.15) is 59.2 Å². The topological polar surface area (TPSA) is 68.0 Å². The third-order valence-electron chi connectivity index (χ3n) is 6.05. The van der Waals surface area contributed by atoms with E-state index in [9.17, 15) is 4.79 Å². The normalized spacial score (nSPS) is 26.2. The number of amides is 1. The average molecular weight is 291 g/mol. The van der Waals surface area contributed by atoms with Crippen molar-refractivity contribution in [2.45, 2.75) is 59.9 Å². The molecular weight excluding hydrogens is 266 g/mol. The number of rotatable bonds is 4. The highest BCUT2D eigenvalue weighted by Gasteiger charge is 2.68. The van der Waals surface area contributed by atoms with Crippen molar-refractivity contribution in [3.8, 4) is 0 Å². The fourth-order valence-corrected chi connectivity index (χ4v) is 3.69. The summed E-state index contributed by atoms with van der Waals surface area (Å²) in [4.78, 5) is 17.1. The number of aromatic nitrogens is 2. The van der Waals surface area contributed by atoms with Crippen LogP contribution in [-0.4, -0.2) is 16.0 Å². The van der Waals surface area contributed by atoms with Gasteiger partial charge in [0.05, 0.1) is 0 Å². The highest BCUT2D eigenvalue weighted by molar-refractivity contribution is 5.84. The van der Waals surface area contributed by atoms with Gasteiger partial charge in [-0.1, -0.05) is 32.9 Å². The van der Waals surface area contributed by atoms with Crippen LogP contribution in [0.4, 0.5) is 0 Å². The van der Waals surface area contributed by atoms with Gasteiger partial charge in [0.15, 0.2) is 5.82 Å². The number of carbonyl (C=O) groups is 1. The summed E-state index contributed by atoms with van der Waals surface area (Å²) in [7, 11) is 0. The first-order valence-electron chi connectivity index (χ1n) is 7.73. The third kappa shape index (κ3) is 2.00. The molecule has 1 amide bonds. The quantitative estimate of drug-likeness (QED) is 0.926. The third-order valence-corrected chi connectivity index (χ3v) is 6.05. The molecule has 0 bridgehead atoms. The molecule has 1 N–H and O–H groups in total. The molecule has 1 atom stereocenters. The number of aryl methyl sites for hydroxylation is 1. The van der Waals surface area contributed by atoms with Gasteiger partial charge in [-0.15, -0.1) is 0 Å². The van der Waals surface area contributed by atoms with Crippen molar-refractivity contribution in [3.63, 3.8) is 0 Å². The Morgan fingerprint density at radius 1 is 1.29 bits per heavy atom. The Kier molecular flexibility index (Phi) is 2.83. The van der Waals surface area contributed by atoms with Gasteiger partial charge in [0.1, 0.15) is 5.54 Å². The van der Waals surface area contributed by atoms with Crippen LogP contribution >= 0.6 is 0 Å². The standard InChI is InChI=1S/C16H25N3O2/c1-9-17-13(19-21-9)16(6,10-7-8-10)18-12(20)11-14(2,3)15(11,4)5/h10-11H,7-8H2,1-6H3,(H,18,20). The van der Waals surface area contributed by atoms with E-state index in [2.05, 4.69) is 43.2 Å². The minimum Gasteiger partial charge on any atom is -0.343 e. The van der Waals surface area contributed by atoms with Gasteiger partial charge in [-0.2, -0.15) is 4.98 Å². The summed E-state index contributed by atoms with van der Waals surface area (Å²) in [5.41, 5.74) is -0.437. The summed E-state index contributed by atoms with van der Waals surface area (Å²) in [6.45, 7) is 12.4. The van der Waals surface area contributed by atoms with E-state index in [0.717, 1.165) is 12.8 Å². The van der Waals surface area contributed by atoms with Crippen molar-refractivity contribution in [1.82, 2.24) is 15.5 Å². The SMILES string of the molecule is Cc1nc(C(C)(NC(=O)C2C(C)(C)C2(C)C)C2CC2)no1. The van der Waals surface area contributed by atoms with Gasteiger partial charge in [0, 0.05) is 12.8 Å². The summed E-state index contributed by atoms with van der Waals surface area (Å²) < 4.78 is 5.12. The predicted octanol–water partition coefficient (Wildman–Crippen LogP) is 2.80. The van der Waals surface area contributed by atoms with Crippen molar-refractivity contribution in [2.75, 3.05) is 0 Å². The molecule has 116 valence electrons. The molecule has 1 aromatic heterocycles. The first-order valence-corrected chi connectivity index (χ1v) is 7.73. The molecule has 21 heavy (non-hydrogen) atoms. The van der Waals surface area contributed by atoms with E-state index in [-0.39, 0.29) is 22.7 Å². The maximum Gasteiger partial charge on any atom is 0.225 e. The second-order valence-corrected chi connectivity index (χ2v) is 7.98. The molecule has 1 aromatic rings. The minimum absolute atomic E-state index is 0.0364. The van der Waals surface area contributed by atoms with E-state index >= 15 is 0 Å². The Bertz CT molecular complexity index is 572. The van der Waals surface area contributed by atoms with E-state index in [1.165, 1.54) is 0 Å². The number of carbonyl (C=O) groups excluding carboxylic acids is 1. The second kappa shape index (κ2) is 4.08. The van der Waals surface area contributed by atoms with Gasteiger partial charge in [-0.25, -0.2) is 0 Å². The maximum absolute atomic E-state index is 12.8. The molecule has 2 aliphatic rings. The summed E-state index contributed by atoms with van der Waals surface area (Å²) >= 11 is 0. The Balaban J connectivity index is 1.83. The zero-order valence-corrected chi connectivity index (χ0v) is 13.8. The summed E-state index contributed by atoms with van der Waals surface area (Å²) in [5, 5.41) is 7.29. The highest BCUT2D eigenvalue weighted by atomic mass is 16.5. The lowest BCUT2D eigenvalue weighted by molar-refractivity contribution is -0.125. The molecule has 0 aromatic carbocycles. The molecule has 0 aliphatic heterocycles. The molecule has 2 aliphatic carbocycles.